The first kappa shape index (κ1) is 36.7. The van der Waals surface area contributed by atoms with E-state index in [9.17, 15) is 0 Å². The molecule has 0 N–H and O–H groups in total. The smallest absolute Gasteiger partial charge is 0.139 e. The van der Waals surface area contributed by atoms with Crippen LogP contribution in [-0.2, 0) is 5.41 Å². The van der Waals surface area contributed by atoms with Crippen LogP contribution in [0.25, 0.3) is 55.9 Å². The summed E-state index contributed by atoms with van der Waals surface area (Å²) in [7, 11) is 0. The lowest BCUT2D eigenvalue weighted by Gasteiger charge is -2.31. The molecule has 2 heterocycles. The van der Waals surface area contributed by atoms with Crippen molar-refractivity contribution in [2.75, 3.05) is 4.90 Å². The summed E-state index contributed by atoms with van der Waals surface area (Å²) in [6, 6.07) is 58.0. The van der Waals surface area contributed by atoms with Crippen molar-refractivity contribution >= 4 is 17.3 Å². The van der Waals surface area contributed by atoms with Gasteiger partial charge >= 0.3 is 0 Å². The number of benzene rings is 6. The predicted octanol–water partition coefficient (Wildman–Crippen LogP) is 15.1. The molecule has 6 aromatic carbocycles. The van der Waals surface area contributed by atoms with E-state index >= 15 is 0 Å². The number of para-hydroxylation sites is 1. The molecule has 0 spiro atoms. The van der Waals surface area contributed by atoms with Crippen molar-refractivity contribution in [3.05, 3.63) is 197 Å². The highest BCUT2D eigenvalue weighted by molar-refractivity contribution is 5.98. The summed E-state index contributed by atoms with van der Waals surface area (Å²) in [5.41, 5.74) is 21.5. The highest BCUT2D eigenvalue weighted by Crippen LogP contribution is 2.59. The van der Waals surface area contributed by atoms with Crippen molar-refractivity contribution in [3.8, 4) is 55.9 Å². The van der Waals surface area contributed by atoms with E-state index in [-0.39, 0.29) is 17.3 Å². The molecule has 2 aromatic heterocycles. The first-order valence-electron chi connectivity index (χ1n) is 21.1. The molecule has 0 saturated heterocycles. The van der Waals surface area contributed by atoms with Crippen LogP contribution < -0.4 is 4.90 Å². The van der Waals surface area contributed by atoms with Gasteiger partial charge in [0.15, 0.2) is 0 Å². The van der Waals surface area contributed by atoms with E-state index < -0.39 is 0 Å². The molecular formula is C56H49N3. The number of hydrogen-bond acceptors (Lipinski definition) is 3. The van der Waals surface area contributed by atoms with Crippen LogP contribution in [0.1, 0.15) is 85.4 Å². The molecule has 3 heteroatoms. The van der Waals surface area contributed by atoms with Gasteiger partial charge in [0, 0.05) is 22.1 Å². The third kappa shape index (κ3) is 5.78. The van der Waals surface area contributed by atoms with Crippen molar-refractivity contribution in [1.82, 2.24) is 9.97 Å². The fourth-order valence-electron chi connectivity index (χ4n) is 9.88. The van der Waals surface area contributed by atoms with Gasteiger partial charge in [0.1, 0.15) is 11.6 Å². The van der Waals surface area contributed by atoms with Crippen LogP contribution in [0.3, 0.4) is 0 Å². The summed E-state index contributed by atoms with van der Waals surface area (Å²) in [4.78, 5) is 13.7. The Balaban J connectivity index is 1.21. The molecule has 0 bridgehead atoms. The lowest BCUT2D eigenvalue weighted by molar-refractivity contribution is 0.719. The van der Waals surface area contributed by atoms with Gasteiger partial charge in [0.25, 0.3) is 0 Å². The summed E-state index contributed by atoms with van der Waals surface area (Å²) in [5, 5.41) is 0. The maximum absolute atomic E-state index is 5.80. The zero-order valence-corrected chi connectivity index (χ0v) is 35.0. The first-order valence-corrected chi connectivity index (χ1v) is 21.1. The Morgan fingerprint density at radius 3 is 1.76 bits per heavy atom. The second-order valence-electron chi connectivity index (χ2n) is 17.2. The van der Waals surface area contributed by atoms with E-state index in [0.717, 1.165) is 45.4 Å². The number of fused-ring (bicyclic) bond motifs is 8. The van der Waals surface area contributed by atoms with Crippen LogP contribution in [-0.4, -0.2) is 9.97 Å². The molecule has 0 aliphatic heterocycles. The average molecular weight is 764 g/mol. The Morgan fingerprint density at radius 2 is 1.05 bits per heavy atom. The van der Waals surface area contributed by atoms with Crippen LogP contribution >= 0.6 is 0 Å². The average Bonchev–Trinajstić information content (AvgIpc) is 3.48. The third-order valence-corrected chi connectivity index (χ3v) is 12.9. The molecule has 2 aliphatic carbocycles. The van der Waals surface area contributed by atoms with Crippen molar-refractivity contribution in [1.29, 1.82) is 0 Å². The van der Waals surface area contributed by atoms with Crippen molar-refractivity contribution in [2.45, 2.75) is 65.7 Å². The van der Waals surface area contributed by atoms with E-state index in [2.05, 4.69) is 211 Å². The molecule has 8 aromatic rings. The molecule has 0 saturated carbocycles. The van der Waals surface area contributed by atoms with Crippen molar-refractivity contribution in [2.24, 2.45) is 0 Å². The number of anilines is 3. The number of hydrogen-bond donors (Lipinski definition) is 0. The first-order chi connectivity index (χ1) is 28.6. The van der Waals surface area contributed by atoms with Gasteiger partial charge in [-0.1, -0.05) is 161 Å². The molecule has 0 fully saturated rings. The highest BCUT2D eigenvalue weighted by Gasteiger charge is 2.46. The topological polar surface area (TPSA) is 29.0 Å². The minimum absolute atomic E-state index is 0.272. The summed E-state index contributed by atoms with van der Waals surface area (Å²) in [6.07, 6.45) is 0. The third-order valence-electron chi connectivity index (χ3n) is 12.9. The van der Waals surface area contributed by atoms with Crippen LogP contribution in [0.15, 0.2) is 158 Å². The zero-order chi connectivity index (χ0) is 40.6. The number of rotatable bonds is 7. The molecule has 59 heavy (non-hydrogen) atoms. The number of pyridine rings is 2. The fourth-order valence-corrected chi connectivity index (χ4v) is 9.88. The Bertz CT molecular complexity index is 2910. The summed E-state index contributed by atoms with van der Waals surface area (Å²) >= 11 is 0. The molecule has 0 radical (unpaired) electrons. The fraction of sp³-hybridized carbons (Fsp3) is 0.179. The summed E-state index contributed by atoms with van der Waals surface area (Å²) in [6.45, 7) is 15.9. The Labute approximate surface area is 349 Å². The molecule has 3 nitrogen and oxygen atoms in total. The standard InChI is InChI=1S/C56H49N3/c1-34(2)40-17-12-18-41(35(3)4)55(40)59(51-24-14-23-50(57-51)39-30-27-37(6)47(33-39)38-28-25-36(5)26-29-38)52-32-31-45-44-20-13-19-43-42-15-8-10-21-48(42)56(7,53(43)44)49-22-11-9-16-46(49)54(45)58-52/h8-35H,1-7H3. The normalized spacial score (nSPS) is 14.7. The zero-order valence-electron chi connectivity index (χ0n) is 35.0. The molecular weight excluding hydrogens is 715 g/mol. The minimum Gasteiger partial charge on any atom is -0.278 e. The molecule has 1 atom stereocenters. The van der Waals surface area contributed by atoms with Crippen molar-refractivity contribution in [3.63, 3.8) is 0 Å². The largest absolute Gasteiger partial charge is 0.278 e. The second kappa shape index (κ2) is 14.1. The molecule has 0 amide bonds. The van der Waals surface area contributed by atoms with Crippen LogP contribution in [0, 0.1) is 13.8 Å². The Hall–Kier alpha value is -6.58. The molecule has 2 aliphatic rings. The minimum atomic E-state index is -0.337. The molecule has 1 unspecified atom stereocenters. The highest BCUT2D eigenvalue weighted by atomic mass is 15.2. The van der Waals surface area contributed by atoms with E-state index in [1.807, 2.05) is 0 Å². The van der Waals surface area contributed by atoms with Gasteiger partial charge in [-0.25, -0.2) is 9.97 Å². The molecule has 10 rings (SSSR count). The SMILES string of the molecule is Cc1ccc(-c2cc(-c3cccc(N(c4ccc5c(n4)-c4ccccc4C4(C)c6ccccc6-c6cccc-5c64)c4c(C(C)C)cccc4C(C)C)n3)ccc2C)cc1. The van der Waals surface area contributed by atoms with Gasteiger partial charge < -0.3 is 0 Å². The van der Waals surface area contributed by atoms with Gasteiger partial charge in [-0.05, 0) is 124 Å². The quantitative estimate of drug-likeness (QED) is 0.162. The van der Waals surface area contributed by atoms with Crippen molar-refractivity contribution < 1.29 is 0 Å². The maximum atomic E-state index is 5.80. The molecule has 288 valence electrons. The van der Waals surface area contributed by atoms with Gasteiger partial charge in [-0.3, -0.25) is 4.90 Å². The maximum Gasteiger partial charge on any atom is 0.139 e. The number of nitrogens with zero attached hydrogens (tertiary/aromatic N) is 3. The summed E-state index contributed by atoms with van der Waals surface area (Å²) in [5.74, 6) is 2.23. The predicted molar refractivity (Wildman–Crippen MR) is 247 cm³/mol. The Kier molecular flexibility index (Phi) is 8.76. The van der Waals surface area contributed by atoms with E-state index in [4.69, 9.17) is 9.97 Å². The van der Waals surface area contributed by atoms with Gasteiger partial charge in [0.05, 0.1) is 17.1 Å². The van der Waals surface area contributed by atoms with Gasteiger partial charge in [0.2, 0.25) is 0 Å². The Morgan fingerprint density at radius 1 is 0.475 bits per heavy atom. The second-order valence-corrected chi connectivity index (χ2v) is 17.2. The summed E-state index contributed by atoms with van der Waals surface area (Å²) < 4.78 is 0. The van der Waals surface area contributed by atoms with E-state index in [0.29, 0.717) is 0 Å². The lowest BCUT2D eigenvalue weighted by atomic mass is 9.72. The monoisotopic (exact) mass is 763 g/mol. The van der Waals surface area contributed by atoms with Crippen LogP contribution in [0.2, 0.25) is 0 Å². The number of aryl methyl sites for hydroxylation is 2. The van der Waals surface area contributed by atoms with Gasteiger partial charge in [-0.15, -0.1) is 0 Å². The van der Waals surface area contributed by atoms with Gasteiger partial charge in [-0.2, -0.15) is 0 Å². The lowest BCUT2D eigenvalue weighted by Crippen LogP contribution is -2.23. The van der Waals surface area contributed by atoms with E-state index in [1.54, 1.807) is 0 Å². The number of aromatic nitrogens is 2. The van der Waals surface area contributed by atoms with Crippen LogP contribution in [0.4, 0.5) is 17.3 Å². The van der Waals surface area contributed by atoms with E-state index in [1.165, 1.54) is 66.8 Å². The van der Waals surface area contributed by atoms with Crippen LogP contribution in [0.5, 0.6) is 0 Å².